The summed E-state index contributed by atoms with van der Waals surface area (Å²) in [6.45, 7) is -0.861. The van der Waals surface area contributed by atoms with Gasteiger partial charge in [-0.2, -0.15) is 13.2 Å². The molecule has 2 aromatic rings. The molecule has 0 aliphatic carbocycles. The summed E-state index contributed by atoms with van der Waals surface area (Å²) in [5.41, 5.74) is -1.80. The molecular formula is C18H12ClF3N2O5. The zero-order chi connectivity index (χ0) is 21.6. The molecule has 0 saturated heterocycles. The first-order chi connectivity index (χ1) is 13.6. The van der Waals surface area contributed by atoms with Crippen LogP contribution in [0.15, 0.2) is 48.5 Å². The lowest BCUT2D eigenvalue weighted by Gasteiger charge is -2.14. The van der Waals surface area contributed by atoms with Gasteiger partial charge in [-0.15, -0.1) is 0 Å². The van der Waals surface area contributed by atoms with Crippen LogP contribution in [0.4, 0.5) is 24.5 Å². The monoisotopic (exact) mass is 428 g/mol. The number of carbonyl (C=O) groups excluding carboxylic acids is 2. The summed E-state index contributed by atoms with van der Waals surface area (Å²) < 4.78 is 43.6. The molecule has 1 amide bonds. The molecule has 11 heteroatoms. The molecule has 29 heavy (non-hydrogen) atoms. The van der Waals surface area contributed by atoms with Crippen LogP contribution in [0.5, 0.6) is 0 Å². The minimum atomic E-state index is -4.75. The lowest BCUT2D eigenvalue weighted by atomic mass is 10.1. The van der Waals surface area contributed by atoms with E-state index in [4.69, 9.17) is 11.6 Å². The van der Waals surface area contributed by atoms with Gasteiger partial charge in [0.15, 0.2) is 6.61 Å². The number of nitro groups is 1. The summed E-state index contributed by atoms with van der Waals surface area (Å²) in [6.07, 6.45) is -2.77. The number of carbonyl (C=O) groups is 2. The number of nitrogens with zero attached hydrogens (tertiary/aromatic N) is 1. The number of halogens is 4. The van der Waals surface area contributed by atoms with Gasteiger partial charge in [-0.05, 0) is 30.3 Å². The van der Waals surface area contributed by atoms with Crippen LogP contribution in [0.25, 0.3) is 6.08 Å². The Labute approximate surface area is 166 Å². The average molecular weight is 429 g/mol. The van der Waals surface area contributed by atoms with Crippen molar-refractivity contribution in [1.29, 1.82) is 0 Å². The van der Waals surface area contributed by atoms with Crippen LogP contribution in [0.3, 0.4) is 0 Å². The maximum Gasteiger partial charge on any atom is 0.418 e. The fourth-order valence-corrected chi connectivity index (χ4v) is 2.36. The average Bonchev–Trinajstić information content (AvgIpc) is 2.65. The van der Waals surface area contributed by atoms with Crippen molar-refractivity contribution in [3.63, 3.8) is 0 Å². The first-order valence-corrected chi connectivity index (χ1v) is 8.20. The van der Waals surface area contributed by atoms with Crippen LogP contribution in [-0.4, -0.2) is 23.4 Å². The Morgan fingerprint density at radius 1 is 1.21 bits per heavy atom. The predicted octanol–water partition coefficient (Wildman–Crippen LogP) is 4.46. The number of para-hydroxylation sites is 1. The highest BCUT2D eigenvalue weighted by Crippen LogP contribution is 2.36. The molecule has 0 aliphatic heterocycles. The summed E-state index contributed by atoms with van der Waals surface area (Å²) in [5.74, 6) is -2.02. The minimum absolute atomic E-state index is 0.134. The number of anilines is 1. The Morgan fingerprint density at radius 3 is 2.55 bits per heavy atom. The van der Waals surface area contributed by atoms with Crippen LogP contribution in [-0.2, 0) is 20.5 Å². The zero-order valence-corrected chi connectivity index (χ0v) is 15.2. The van der Waals surface area contributed by atoms with E-state index in [9.17, 15) is 32.9 Å². The molecule has 0 atom stereocenters. The van der Waals surface area contributed by atoms with Gasteiger partial charge < -0.3 is 10.1 Å². The third kappa shape index (κ3) is 6.32. The van der Waals surface area contributed by atoms with Gasteiger partial charge in [-0.25, -0.2) is 4.79 Å². The number of alkyl halides is 3. The summed E-state index contributed by atoms with van der Waals surface area (Å²) in [7, 11) is 0. The lowest BCUT2D eigenvalue weighted by molar-refractivity contribution is -0.385. The highest BCUT2D eigenvalue weighted by molar-refractivity contribution is 6.30. The molecule has 0 spiro atoms. The Morgan fingerprint density at radius 2 is 1.90 bits per heavy atom. The topological polar surface area (TPSA) is 98.5 Å². The van der Waals surface area contributed by atoms with Gasteiger partial charge in [0.2, 0.25) is 0 Å². The largest absolute Gasteiger partial charge is 0.452 e. The second kappa shape index (κ2) is 9.20. The van der Waals surface area contributed by atoms with E-state index >= 15 is 0 Å². The molecule has 0 unspecified atom stereocenters. The second-order valence-corrected chi connectivity index (χ2v) is 5.93. The molecule has 0 aromatic heterocycles. The molecule has 0 bridgehead atoms. The normalized spacial score (nSPS) is 11.3. The van der Waals surface area contributed by atoms with Crippen LogP contribution in [0.1, 0.15) is 11.1 Å². The van der Waals surface area contributed by atoms with E-state index in [2.05, 4.69) is 4.74 Å². The van der Waals surface area contributed by atoms with Crippen LogP contribution >= 0.6 is 11.6 Å². The predicted molar refractivity (Wildman–Crippen MR) is 98.2 cm³/mol. The van der Waals surface area contributed by atoms with Gasteiger partial charge in [-0.3, -0.25) is 14.9 Å². The second-order valence-electron chi connectivity index (χ2n) is 5.49. The van der Waals surface area contributed by atoms with E-state index in [0.29, 0.717) is 6.07 Å². The SMILES string of the molecule is O=C(COC(=O)C=Cc1ccccc1[N+](=O)[O-])Nc1ccc(Cl)cc1C(F)(F)F. The van der Waals surface area contributed by atoms with Crippen LogP contribution in [0, 0.1) is 10.1 Å². The molecular weight excluding hydrogens is 417 g/mol. The van der Waals surface area contributed by atoms with Crippen molar-refractivity contribution < 1.29 is 32.4 Å². The molecule has 2 rings (SSSR count). The van der Waals surface area contributed by atoms with Gasteiger partial charge in [-0.1, -0.05) is 23.7 Å². The number of hydrogen-bond donors (Lipinski definition) is 1. The number of nitro benzene ring substituents is 1. The number of nitrogens with one attached hydrogen (secondary N) is 1. The molecule has 0 fully saturated rings. The highest BCUT2D eigenvalue weighted by Gasteiger charge is 2.34. The number of benzene rings is 2. The molecule has 0 saturated carbocycles. The number of ether oxygens (including phenoxy) is 1. The van der Waals surface area contributed by atoms with E-state index in [0.717, 1.165) is 24.3 Å². The van der Waals surface area contributed by atoms with Crippen molar-refractivity contribution in [2.75, 3.05) is 11.9 Å². The molecule has 0 heterocycles. The maximum atomic E-state index is 13.0. The van der Waals surface area contributed by atoms with Gasteiger partial charge in [0.1, 0.15) is 0 Å². The van der Waals surface area contributed by atoms with Crippen LogP contribution < -0.4 is 5.32 Å². The lowest BCUT2D eigenvalue weighted by Crippen LogP contribution is -2.22. The first kappa shape index (κ1) is 21.9. The van der Waals surface area contributed by atoms with Crippen molar-refractivity contribution in [3.8, 4) is 0 Å². The van der Waals surface area contributed by atoms with Crippen molar-refractivity contribution in [2.45, 2.75) is 6.18 Å². The maximum absolute atomic E-state index is 13.0. The number of rotatable bonds is 6. The Balaban J connectivity index is 1.98. The first-order valence-electron chi connectivity index (χ1n) is 7.83. The third-order valence-corrected chi connectivity index (χ3v) is 3.67. The Bertz CT molecular complexity index is 976. The third-order valence-electron chi connectivity index (χ3n) is 3.44. The number of amides is 1. The van der Waals surface area contributed by atoms with Gasteiger partial charge in [0.25, 0.3) is 11.6 Å². The zero-order valence-electron chi connectivity index (χ0n) is 14.4. The molecule has 2 aromatic carbocycles. The van der Waals surface area contributed by atoms with E-state index in [1.165, 1.54) is 24.3 Å². The van der Waals surface area contributed by atoms with E-state index in [-0.39, 0.29) is 16.3 Å². The Kier molecular flexibility index (Phi) is 6.94. The van der Waals surface area contributed by atoms with E-state index < -0.39 is 40.8 Å². The standard InChI is InChI=1S/C18H12ClF3N2O5/c19-12-6-7-14(13(9-12)18(20,21)22)23-16(25)10-29-17(26)8-5-11-3-1-2-4-15(11)24(27)28/h1-9H,10H2,(H,23,25). The highest BCUT2D eigenvalue weighted by atomic mass is 35.5. The summed E-state index contributed by atoms with van der Waals surface area (Å²) in [4.78, 5) is 33.7. The molecule has 0 aliphatic rings. The molecule has 1 N–H and O–H groups in total. The fraction of sp³-hybridized carbons (Fsp3) is 0.111. The number of hydrogen-bond acceptors (Lipinski definition) is 5. The van der Waals surface area contributed by atoms with E-state index in [1.807, 2.05) is 5.32 Å². The van der Waals surface area contributed by atoms with Crippen molar-refractivity contribution in [3.05, 3.63) is 74.8 Å². The van der Waals surface area contributed by atoms with Gasteiger partial charge in [0, 0.05) is 17.2 Å². The van der Waals surface area contributed by atoms with Crippen molar-refractivity contribution in [1.82, 2.24) is 0 Å². The van der Waals surface area contributed by atoms with Crippen molar-refractivity contribution in [2.24, 2.45) is 0 Å². The smallest absolute Gasteiger partial charge is 0.418 e. The van der Waals surface area contributed by atoms with Gasteiger partial charge >= 0.3 is 12.1 Å². The summed E-state index contributed by atoms with van der Waals surface area (Å²) in [6, 6.07) is 8.39. The minimum Gasteiger partial charge on any atom is -0.452 e. The quantitative estimate of drug-likeness (QED) is 0.317. The molecule has 152 valence electrons. The van der Waals surface area contributed by atoms with Gasteiger partial charge in [0.05, 0.1) is 21.7 Å². The number of esters is 1. The summed E-state index contributed by atoms with van der Waals surface area (Å²) >= 11 is 5.55. The fourth-order valence-electron chi connectivity index (χ4n) is 2.18. The molecule has 7 nitrogen and oxygen atoms in total. The van der Waals surface area contributed by atoms with E-state index in [1.54, 1.807) is 0 Å². The Hall–Kier alpha value is -3.40. The van der Waals surface area contributed by atoms with Crippen molar-refractivity contribution >= 4 is 40.9 Å². The summed E-state index contributed by atoms with van der Waals surface area (Å²) in [5, 5.41) is 12.7. The molecule has 0 radical (unpaired) electrons. The van der Waals surface area contributed by atoms with Crippen LogP contribution in [0.2, 0.25) is 5.02 Å².